The van der Waals surface area contributed by atoms with Gasteiger partial charge in [0.15, 0.2) is 0 Å². The number of nitrogens with one attached hydrogen (secondary N) is 1. The molecule has 3 aromatic carbocycles. The molecule has 5 nitrogen and oxygen atoms in total. The van der Waals surface area contributed by atoms with Gasteiger partial charge in [-0.15, -0.1) is 0 Å². The van der Waals surface area contributed by atoms with Gasteiger partial charge in [-0.1, -0.05) is 41.9 Å². The van der Waals surface area contributed by atoms with Crippen LogP contribution in [-0.2, 0) is 11.3 Å². The van der Waals surface area contributed by atoms with Crippen molar-refractivity contribution in [1.82, 2.24) is 5.32 Å². The van der Waals surface area contributed by atoms with E-state index in [0.29, 0.717) is 5.92 Å². The van der Waals surface area contributed by atoms with Gasteiger partial charge in [0.1, 0.15) is 11.5 Å². The number of carboxylic acids is 1. The Bertz CT molecular complexity index is 1040. The number of rotatable bonds is 7. The first kappa shape index (κ1) is 25.4. The van der Waals surface area contributed by atoms with Gasteiger partial charge in [-0.05, 0) is 54.1 Å². The number of halogens is 4. The van der Waals surface area contributed by atoms with Gasteiger partial charge >= 0.3 is 12.1 Å². The molecule has 0 unspecified atom stereocenters. The fraction of sp³-hybridized carbons (Fsp3) is 0.240. The van der Waals surface area contributed by atoms with E-state index in [2.05, 4.69) is 34.5 Å². The van der Waals surface area contributed by atoms with E-state index in [0.717, 1.165) is 42.7 Å². The molecule has 0 radical (unpaired) electrons. The topological polar surface area (TPSA) is 61.8 Å². The Morgan fingerprint density at radius 3 is 2.03 bits per heavy atom. The van der Waals surface area contributed by atoms with Crippen molar-refractivity contribution in [2.45, 2.75) is 12.7 Å². The van der Waals surface area contributed by atoms with Crippen molar-refractivity contribution in [2.24, 2.45) is 5.92 Å². The molecular formula is C25H24ClF3N2O3. The summed E-state index contributed by atoms with van der Waals surface area (Å²) in [5.41, 5.74) is 2.47. The molecule has 1 aliphatic rings. The predicted molar refractivity (Wildman–Crippen MR) is 126 cm³/mol. The minimum atomic E-state index is -5.08. The molecule has 1 aliphatic heterocycles. The van der Waals surface area contributed by atoms with Crippen molar-refractivity contribution in [3.8, 4) is 11.5 Å². The van der Waals surface area contributed by atoms with Gasteiger partial charge in [0.25, 0.3) is 0 Å². The lowest BCUT2D eigenvalue weighted by atomic mass is 10.0. The highest BCUT2D eigenvalue weighted by molar-refractivity contribution is 6.30. The minimum Gasteiger partial charge on any atom is -0.475 e. The highest BCUT2D eigenvalue weighted by atomic mass is 35.5. The van der Waals surface area contributed by atoms with Gasteiger partial charge in [0, 0.05) is 42.8 Å². The molecule has 3 aromatic rings. The average Bonchev–Trinajstić information content (AvgIpc) is 2.78. The summed E-state index contributed by atoms with van der Waals surface area (Å²) in [7, 11) is 0. The molecule has 0 spiro atoms. The van der Waals surface area contributed by atoms with Crippen molar-refractivity contribution >= 4 is 23.3 Å². The van der Waals surface area contributed by atoms with E-state index in [4.69, 9.17) is 26.2 Å². The van der Waals surface area contributed by atoms with Crippen LogP contribution in [0.25, 0.3) is 0 Å². The minimum absolute atomic E-state index is 0.692. The standard InChI is InChI=1S/C23H23ClN2O.C2HF3O2/c24-20-8-6-18(7-9-20)16-26(17-19-14-25-15-19)21-10-12-23(13-11-21)27-22-4-2-1-3-5-22;3-2(4,5)1(6)7/h1-13,19,25H,14-17H2;(H,6,7). The lowest BCUT2D eigenvalue weighted by molar-refractivity contribution is -0.192. The van der Waals surface area contributed by atoms with Crippen LogP contribution in [0.4, 0.5) is 18.9 Å². The van der Waals surface area contributed by atoms with E-state index in [9.17, 15) is 13.2 Å². The first-order chi connectivity index (χ1) is 16.2. The summed E-state index contributed by atoms with van der Waals surface area (Å²) in [6.45, 7) is 4.08. The number of nitrogens with zero attached hydrogens (tertiary/aromatic N) is 1. The van der Waals surface area contributed by atoms with Crippen molar-refractivity contribution < 1.29 is 27.8 Å². The molecular weight excluding hydrogens is 469 g/mol. The molecule has 0 bridgehead atoms. The normalized spacial score (nSPS) is 13.3. The van der Waals surface area contributed by atoms with Crippen LogP contribution in [0.1, 0.15) is 5.56 Å². The molecule has 1 saturated heterocycles. The molecule has 9 heteroatoms. The zero-order chi connectivity index (χ0) is 24.6. The molecule has 0 aromatic heterocycles. The monoisotopic (exact) mass is 492 g/mol. The maximum Gasteiger partial charge on any atom is 0.490 e. The Balaban J connectivity index is 0.000000406. The smallest absolute Gasteiger partial charge is 0.475 e. The number of hydrogen-bond acceptors (Lipinski definition) is 4. The van der Waals surface area contributed by atoms with Gasteiger partial charge < -0.3 is 20.1 Å². The van der Waals surface area contributed by atoms with Gasteiger partial charge in [0.2, 0.25) is 0 Å². The molecule has 1 heterocycles. The number of benzene rings is 3. The molecule has 0 aliphatic carbocycles. The summed E-state index contributed by atoms with van der Waals surface area (Å²) >= 11 is 6.03. The Hall–Kier alpha value is -3.23. The SMILES string of the molecule is Clc1ccc(CN(CC2CNC2)c2ccc(Oc3ccccc3)cc2)cc1.O=C(O)C(F)(F)F. The second-order valence-corrected chi connectivity index (χ2v) is 8.18. The third-order valence-electron chi connectivity index (χ3n) is 5.05. The van der Waals surface area contributed by atoms with Crippen LogP contribution >= 0.6 is 11.6 Å². The Labute approximate surface area is 200 Å². The Morgan fingerprint density at radius 2 is 1.53 bits per heavy atom. The highest BCUT2D eigenvalue weighted by Gasteiger charge is 2.38. The zero-order valence-electron chi connectivity index (χ0n) is 18.1. The maximum absolute atomic E-state index is 10.6. The van der Waals surface area contributed by atoms with E-state index >= 15 is 0 Å². The van der Waals surface area contributed by atoms with E-state index in [1.165, 1.54) is 11.3 Å². The zero-order valence-corrected chi connectivity index (χ0v) is 18.9. The van der Waals surface area contributed by atoms with Crippen LogP contribution in [0.2, 0.25) is 5.02 Å². The molecule has 4 rings (SSSR count). The van der Waals surface area contributed by atoms with E-state index < -0.39 is 12.1 Å². The van der Waals surface area contributed by atoms with Gasteiger partial charge in [-0.25, -0.2) is 4.79 Å². The number of carbonyl (C=O) groups is 1. The van der Waals surface area contributed by atoms with Gasteiger partial charge in [-0.2, -0.15) is 13.2 Å². The lowest BCUT2D eigenvalue weighted by Gasteiger charge is -2.34. The summed E-state index contributed by atoms with van der Waals surface area (Å²) in [6.07, 6.45) is -5.08. The van der Waals surface area contributed by atoms with Crippen molar-refractivity contribution in [1.29, 1.82) is 0 Å². The summed E-state index contributed by atoms with van der Waals surface area (Å²) in [5.74, 6) is -0.365. The summed E-state index contributed by atoms with van der Waals surface area (Å²) < 4.78 is 37.7. The Morgan fingerprint density at radius 1 is 0.971 bits per heavy atom. The fourth-order valence-electron chi connectivity index (χ4n) is 3.21. The second kappa shape index (κ2) is 11.8. The number of ether oxygens (including phenoxy) is 1. The van der Waals surface area contributed by atoms with E-state index in [1.807, 2.05) is 54.6 Å². The quantitative estimate of drug-likeness (QED) is 0.424. The van der Waals surface area contributed by atoms with E-state index in [-0.39, 0.29) is 0 Å². The van der Waals surface area contributed by atoms with Crippen LogP contribution < -0.4 is 15.0 Å². The van der Waals surface area contributed by atoms with Crippen LogP contribution in [0, 0.1) is 5.92 Å². The van der Waals surface area contributed by atoms with Crippen molar-refractivity contribution in [3.05, 3.63) is 89.4 Å². The lowest BCUT2D eigenvalue weighted by Crippen LogP contribution is -2.48. The highest BCUT2D eigenvalue weighted by Crippen LogP contribution is 2.26. The molecule has 0 atom stereocenters. The van der Waals surface area contributed by atoms with Crippen LogP contribution in [0.15, 0.2) is 78.9 Å². The first-order valence-electron chi connectivity index (χ1n) is 10.5. The summed E-state index contributed by atoms with van der Waals surface area (Å²) in [5, 5.41) is 11.3. The average molecular weight is 493 g/mol. The fourth-order valence-corrected chi connectivity index (χ4v) is 3.34. The molecule has 180 valence electrons. The number of carboxylic acid groups (broad SMARTS) is 1. The first-order valence-corrected chi connectivity index (χ1v) is 10.9. The maximum atomic E-state index is 10.6. The molecule has 1 fully saturated rings. The number of anilines is 1. The molecule has 2 N–H and O–H groups in total. The molecule has 0 amide bonds. The summed E-state index contributed by atoms with van der Waals surface area (Å²) in [4.78, 5) is 11.3. The Kier molecular flexibility index (Phi) is 8.79. The number of hydrogen-bond donors (Lipinski definition) is 2. The number of para-hydroxylation sites is 1. The third-order valence-corrected chi connectivity index (χ3v) is 5.31. The number of alkyl halides is 3. The van der Waals surface area contributed by atoms with Gasteiger partial charge in [-0.3, -0.25) is 0 Å². The largest absolute Gasteiger partial charge is 0.490 e. The number of aliphatic carboxylic acids is 1. The van der Waals surface area contributed by atoms with Crippen LogP contribution in [-0.4, -0.2) is 36.9 Å². The van der Waals surface area contributed by atoms with Crippen molar-refractivity contribution in [3.63, 3.8) is 0 Å². The predicted octanol–water partition coefficient (Wildman–Crippen LogP) is 5.99. The van der Waals surface area contributed by atoms with Crippen LogP contribution in [0.5, 0.6) is 11.5 Å². The molecule has 0 saturated carbocycles. The summed E-state index contributed by atoms with van der Waals surface area (Å²) in [6, 6.07) is 26.3. The van der Waals surface area contributed by atoms with Gasteiger partial charge in [0.05, 0.1) is 0 Å². The van der Waals surface area contributed by atoms with Crippen LogP contribution in [0.3, 0.4) is 0 Å². The third kappa shape index (κ3) is 7.97. The second-order valence-electron chi connectivity index (χ2n) is 7.74. The van der Waals surface area contributed by atoms with Crippen molar-refractivity contribution in [2.75, 3.05) is 24.5 Å². The van der Waals surface area contributed by atoms with E-state index in [1.54, 1.807) is 0 Å². The molecule has 34 heavy (non-hydrogen) atoms.